The molecule has 2 atom stereocenters. The fourth-order valence-electron chi connectivity index (χ4n) is 3.06. The molecule has 5 heteroatoms. The molecule has 1 aliphatic rings. The number of carbonyl (C=O) groups excluding carboxylic acids is 1. The van der Waals surface area contributed by atoms with Crippen molar-refractivity contribution in [3.05, 3.63) is 71.3 Å². The highest BCUT2D eigenvalue weighted by atomic mass is 16.1. The van der Waals surface area contributed by atoms with Gasteiger partial charge >= 0.3 is 0 Å². The Morgan fingerprint density at radius 3 is 2.58 bits per heavy atom. The summed E-state index contributed by atoms with van der Waals surface area (Å²) in [5.41, 5.74) is 9.80. The Labute approximate surface area is 142 Å². The topological polar surface area (TPSA) is 65.2 Å². The molecule has 3 rings (SSSR count). The van der Waals surface area contributed by atoms with Crippen LogP contribution < -0.4 is 21.5 Å². The largest absolute Gasteiger partial charge is 0.355 e. The van der Waals surface area contributed by atoms with Crippen LogP contribution in [-0.4, -0.2) is 26.0 Å². The number of hydrazine groups is 1. The third-order valence-corrected chi connectivity index (χ3v) is 4.43. The molecule has 24 heavy (non-hydrogen) atoms. The molecule has 1 saturated heterocycles. The van der Waals surface area contributed by atoms with Crippen molar-refractivity contribution >= 4 is 5.91 Å². The van der Waals surface area contributed by atoms with Gasteiger partial charge in [-0.15, -0.1) is 0 Å². The molecule has 0 spiro atoms. The van der Waals surface area contributed by atoms with Crippen molar-refractivity contribution in [2.24, 2.45) is 5.92 Å². The lowest BCUT2D eigenvalue weighted by atomic mass is 9.95. The van der Waals surface area contributed by atoms with Crippen LogP contribution >= 0.6 is 0 Å². The predicted octanol–water partition coefficient (Wildman–Crippen LogP) is 1.60. The highest BCUT2D eigenvalue weighted by Gasteiger charge is 2.27. The van der Waals surface area contributed by atoms with E-state index in [1.165, 1.54) is 11.1 Å². The average Bonchev–Trinajstić information content (AvgIpc) is 3.11. The molecular weight excluding hydrogens is 300 g/mol. The second-order valence-corrected chi connectivity index (χ2v) is 6.08. The van der Waals surface area contributed by atoms with Crippen molar-refractivity contribution in [3.63, 3.8) is 0 Å². The number of nitrogens with one attached hydrogen (secondary N) is 4. The summed E-state index contributed by atoms with van der Waals surface area (Å²) in [4.78, 5) is 11.5. The highest BCUT2D eigenvalue weighted by molar-refractivity contribution is 5.93. The average molecular weight is 324 g/mol. The SMILES string of the molecule is CNC(=O)c1ccc(CNCC2CNNC2c2ccccc2)cc1. The van der Waals surface area contributed by atoms with Crippen LogP contribution in [0, 0.1) is 5.92 Å². The van der Waals surface area contributed by atoms with E-state index in [0.29, 0.717) is 17.5 Å². The van der Waals surface area contributed by atoms with Gasteiger partial charge in [-0.3, -0.25) is 10.2 Å². The van der Waals surface area contributed by atoms with Gasteiger partial charge in [0.1, 0.15) is 0 Å². The van der Waals surface area contributed by atoms with Gasteiger partial charge < -0.3 is 10.6 Å². The fourth-order valence-corrected chi connectivity index (χ4v) is 3.06. The van der Waals surface area contributed by atoms with E-state index in [1.54, 1.807) is 7.05 Å². The van der Waals surface area contributed by atoms with E-state index in [9.17, 15) is 4.79 Å². The maximum atomic E-state index is 11.5. The van der Waals surface area contributed by atoms with Crippen LogP contribution in [0.4, 0.5) is 0 Å². The Morgan fingerprint density at radius 2 is 1.88 bits per heavy atom. The molecule has 0 bridgehead atoms. The second-order valence-electron chi connectivity index (χ2n) is 6.08. The summed E-state index contributed by atoms with van der Waals surface area (Å²) < 4.78 is 0. The first-order valence-electron chi connectivity index (χ1n) is 8.33. The molecule has 1 fully saturated rings. The monoisotopic (exact) mass is 324 g/mol. The van der Waals surface area contributed by atoms with Crippen molar-refractivity contribution in [3.8, 4) is 0 Å². The van der Waals surface area contributed by atoms with Crippen LogP contribution in [0.5, 0.6) is 0 Å². The lowest BCUT2D eigenvalue weighted by Gasteiger charge is -2.19. The number of hydrogen-bond acceptors (Lipinski definition) is 4. The van der Waals surface area contributed by atoms with Crippen molar-refractivity contribution in [1.82, 2.24) is 21.5 Å². The molecule has 0 saturated carbocycles. The molecule has 2 unspecified atom stereocenters. The molecule has 0 radical (unpaired) electrons. The van der Waals surface area contributed by atoms with Gasteiger partial charge in [0.2, 0.25) is 0 Å². The van der Waals surface area contributed by atoms with Gasteiger partial charge in [-0.25, -0.2) is 5.43 Å². The van der Waals surface area contributed by atoms with Crippen molar-refractivity contribution < 1.29 is 4.79 Å². The van der Waals surface area contributed by atoms with E-state index in [1.807, 2.05) is 30.3 Å². The minimum absolute atomic E-state index is 0.0525. The first kappa shape index (κ1) is 16.6. The summed E-state index contributed by atoms with van der Waals surface area (Å²) in [6, 6.07) is 18.6. The van der Waals surface area contributed by atoms with Crippen LogP contribution in [0.2, 0.25) is 0 Å². The van der Waals surface area contributed by atoms with Crippen LogP contribution in [0.1, 0.15) is 27.5 Å². The first-order chi connectivity index (χ1) is 11.8. The Hall–Kier alpha value is -2.21. The van der Waals surface area contributed by atoms with Gasteiger partial charge in [-0.1, -0.05) is 42.5 Å². The Bertz CT molecular complexity index is 657. The molecule has 2 aromatic rings. The van der Waals surface area contributed by atoms with Crippen LogP contribution in [-0.2, 0) is 6.54 Å². The zero-order valence-corrected chi connectivity index (χ0v) is 13.9. The summed E-state index contributed by atoms with van der Waals surface area (Å²) in [5, 5.41) is 6.16. The van der Waals surface area contributed by atoms with Gasteiger partial charge in [0.15, 0.2) is 0 Å². The molecule has 1 heterocycles. The second kappa shape index (κ2) is 8.06. The summed E-state index contributed by atoms with van der Waals surface area (Å²) in [7, 11) is 1.64. The maximum Gasteiger partial charge on any atom is 0.251 e. The molecule has 1 aliphatic heterocycles. The summed E-state index contributed by atoms with van der Waals surface area (Å²) in [6.07, 6.45) is 0. The third-order valence-electron chi connectivity index (χ3n) is 4.43. The number of amides is 1. The van der Waals surface area contributed by atoms with E-state index in [0.717, 1.165) is 19.6 Å². The van der Waals surface area contributed by atoms with Crippen LogP contribution in [0.15, 0.2) is 54.6 Å². The number of rotatable bonds is 6. The van der Waals surface area contributed by atoms with E-state index in [4.69, 9.17) is 0 Å². The van der Waals surface area contributed by atoms with Gasteiger partial charge in [0.05, 0.1) is 6.04 Å². The summed E-state index contributed by atoms with van der Waals surface area (Å²) >= 11 is 0. The minimum atomic E-state index is -0.0525. The molecular formula is C19H24N4O. The van der Waals surface area contributed by atoms with E-state index < -0.39 is 0 Å². The Kier molecular flexibility index (Phi) is 5.59. The van der Waals surface area contributed by atoms with E-state index in [-0.39, 0.29) is 5.91 Å². The third kappa shape index (κ3) is 4.00. The Balaban J connectivity index is 1.51. The first-order valence-corrected chi connectivity index (χ1v) is 8.33. The summed E-state index contributed by atoms with van der Waals surface area (Å²) in [6.45, 7) is 2.67. The van der Waals surface area contributed by atoms with Gasteiger partial charge in [-0.05, 0) is 23.3 Å². The minimum Gasteiger partial charge on any atom is -0.355 e. The quantitative estimate of drug-likeness (QED) is 0.652. The fraction of sp³-hybridized carbons (Fsp3) is 0.316. The van der Waals surface area contributed by atoms with E-state index >= 15 is 0 Å². The molecule has 4 N–H and O–H groups in total. The predicted molar refractivity (Wildman–Crippen MR) is 95.4 cm³/mol. The lowest BCUT2D eigenvalue weighted by Crippen LogP contribution is -2.28. The molecule has 0 aliphatic carbocycles. The van der Waals surface area contributed by atoms with Crippen molar-refractivity contribution in [1.29, 1.82) is 0 Å². The molecule has 2 aromatic carbocycles. The zero-order chi connectivity index (χ0) is 16.8. The smallest absolute Gasteiger partial charge is 0.251 e. The van der Waals surface area contributed by atoms with Gasteiger partial charge in [0, 0.05) is 38.2 Å². The Morgan fingerprint density at radius 1 is 1.12 bits per heavy atom. The van der Waals surface area contributed by atoms with Crippen molar-refractivity contribution in [2.75, 3.05) is 20.1 Å². The summed E-state index contributed by atoms with van der Waals surface area (Å²) in [5.74, 6) is 0.445. The normalized spacial score (nSPS) is 20.0. The molecule has 5 nitrogen and oxygen atoms in total. The maximum absolute atomic E-state index is 11.5. The van der Waals surface area contributed by atoms with Crippen molar-refractivity contribution in [2.45, 2.75) is 12.6 Å². The van der Waals surface area contributed by atoms with Crippen LogP contribution in [0.3, 0.4) is 0 Å². The standard InChI is InChI=1S/C19H24N4O/c1-20-19(24)16-9-7-14(8-10-16)11-21-12-17-13-22-23-18(17)15-5-3-2-4-6-15/h2-10,17-18,21-23H,11-13H2,1H3,(H,20,24). The number of carbonyl (C=O) groups is 1. The number of hydrogen-bond donors (Lipinski definition) is 4. The molecule has 0 aromatic heterocycles. The highest BCUT2D eigenvalue weighted by Crippen LogP contribution is 2.24. The number of benzene rings is 2. The van der Waals surface area contributed by atoms with Crippen LogP contribution in [0.25, 0.3) is 0 Å². The van der Waals surface area contributed by atoms with Gasteiger partial charge in [0.25, 0.3) is 5.91 Å². The molecule has 1 amide bonds. The lowest BCUT2D eigenvalue weighted by molar-refractivity contribution is 0.0963. The zero-order valence-electron chi connectivity index (χ0n) is 13.9. The van der Waals surface area contributed by atoms with E-state index in [2.05, 4.69) is 45.8 Å². The van der Waals surface area contributed by atoms with Gasteiger partial charge in [-0.2, -0.15) is 0 Å². The molecule has 126 valence electrons.